The van der Waals surface area contributed by atoms with Crippen LogP contribution in [0.4, 0.5) is 4.39 Å². The smallest absolute Gasteiger partial charge is 0.128 e. The second-order valence-electron chi connectivity index (χ2n) is 5.23. The molecule has 0 aromatic heterocycles. The molecule has 1 unspecified atom stereocenters. The van der Waals surface area contributed by atoms with Crippen molar-refractivity contribution in [3.63, 3.8) is 0 Å². The second kappa shape index (κ2) is 7.37. The Hall–Kier alpha value is -2.67. The van der Waals surface area contributed by atoms with Gasteiger partial charge in [0.25, 0.3) is 0 Å². The molecule has 0 aliphatic heterocycles. The highest BCUT2D eigenvalue weighted by molar-refractivity contribution is 5.90. The van der Waals surface area contributed by atoms with E-state index in [1.54, 1.807) is 37.3 Å². The van der Waals surface area contributed by atoms with Gasteiger partial charge in [0.1, 0.15) is 5.82 Å². The van der Waals surface area contributed by atoms with E-state index in [0.717, 1.165) is 5.70 Å². The highest BCUT2D eigenvalue weighted by Gasteiger charge is 2.16. The normalized spacial score (nSPS) is 17.6. The summed E-state index contributed by atoms with van der Waals surface area (Å²) in [5, 5.41) is 19.9. The Morgan fingerprint density at radius 1 is 1.50 bits per heavy atom. The van der Waals surface area contributed by atoms with Crippen LogP contribution in [0.2, 0.25) is 0 Å². The standard InChI is InChI=1S/C18H18FN3/c1-13(21)9-18(15-7-4-5-14(10-15)11-20)22-12-16-6-2-3-8-17(16)19/h2-9,15,21-22H,10,12H2,1H3/b18-9-,21-13?. The van der Waals surface area contributed by atoms with E-state index >= 15 is 0 Å². The first-order chi connectivity index (χ1) is 10.6. The van der Waals surface area contributed by atoms with Crippen molar-refractivity contribution >= 4 is 5.71 Å². The number of nitrogens with one attached hydrogen (secondary N) is 2. The minimum Gasteiger partial charge on any atom is -0.384 e. The van der Waals surface area contributed by atoms with Crippen LogP contribution in [0.3, 0.4) is 0 Å². The van der Waals surface area contributed by atoms with Gasteiger partial charge in [-0.15, -0.1) is 0 Å². The van der Waals surface area contributed by atoms with Gasteiger partial charge in [-0.1, -0.05) is 30.4 Å². The molecule has 2 rings (SSSR count). The minimum atomic E-state index is -0.252. The molecule has 0 saturated carbocycles. The van der Waals surface area contributed by atoms with Gasteiger partial charge in [-0.2, -0.15) is 5.26 Å². The number of nitriles is 1. The van der Waals surface area contributed by atoms with Crippen LogP contribution in [-0.4, -0.2) is 5.71 Å². The third-order valence-electron chi connectivity index (χ3n) is 3.44. The fourth-order valence-corrected chi connectivity index (χ4v) is 2.34. The molecule has 0 fully saturated rings. The molecular formula is C18H18FN3. The average molecular weight is 295 g/mol. The predicted octanol–water partition coefficient (Wildman–Crippen LogP) is 3.86. The van der Waals surface area contributed by atoms with Gasteiger partial charge in [-0.05, 0) is 31.6 Å². The van der Waals surface area contributed by atoms with Gasteiger partial charge < -0.3 is 10.7 Å². The monoisotopic (exact) mass is 295 g/mol. The third-order valence-corrected chi connectivity index (χ3v) is 3.44. The lowest BCUT2D eigenvalue weighted by Gasteiger charge is -2.21. The fourth-order valence-electron chi connectivity index (χ4n) is 2.34. The van der Waals surface area contributed by atoms with E-state index in [-0.39, 0.29) is 11.7 Å². The summed E-state index contributed by atoms with van der Waals surface area (Å²) in [5.41, 5.74) is 2.52. The number of rotatable bonds is 5. The molecule has 1 aliphatic rings. The average Bonchev–Trinajstić information content (AvgIpc) is 2.52. The van der Waals surface area contributed by atoms with Crippen molar-refractivity contribution in [2.24, 2.45) is 5.92 Å². The maximum atomic E-state index is 13.7. The minimum absolute atomic E-state index is 0.00623. The number of allylic oxidation sites excluding steroid dienone is 5. The zero-order valence-corrected chi connectivity index (χ0v) is 12.4. The summed E-state index contributed by atoms with van der Waals surface area (Å²) in [4.78, 5) is 0. The SMILES string of the molecule is CC(=N)/C=C(\NCc1ccccc1F)C1C=CC=C(C#N)C1. The maximum Gasteiger partial charge on any atom is 0.128 e. The summed E-state index contributed by atoms with van der Waals surface area (Å²) >= 11 is 0. The molecule has 22 heavy (non-hydrogen) atoms. The van der Waals surface area contributed by atoms with E-state index in [0.29, 0.717) is 29.8 Å². The van der Waals surface area contributed by atoms with E-state index in [2.05, 4.69) is 11.4 Å². The summed E-state index contributed by atoms with van der Waals surface area (Å²) in [7, 11) is 0. The van der Waals surface area contributed by atoms with Crippen molar-refractivity contribution < 1.29 is 4.39 Å². The highest BCUT2D eigenvalue weighted by Crippen LogP contribution is 2.24. The molecule has 0 spiro atoms. The van der Waals surface area contributed by atoms with Crippen molar-refractivity contribution in [2.45, 2.75) is 19.9 Å². The molecule has 3 nitrogen and oxygen atoms in total. The van der Waals surface area contributed by atoms with Crippen molar-refractivity contribution in [3.05, 3.63) is 71.2 Å². The van der Waals surface area contributed by atoms with Gasteiger partial charge >= 0.3 is 0 Å². The van der Waals surface area contributed by atoms with Crippen LogP contribution in [0.15, 0.2) is 59.8 Å². The largest absolute Gasteiger partial charge is 0.384 e. The van der Waals surface area contributed by atoms with E-state index < -0.39 is 0 Å². The molecule has 0 amide bonds. The van der Waals surface area contributed by atoms with Crippen LogP contribution in [-0.2, 0) is 6.54 Å². The van der Waals surface area contributed by atoms with Crippen molar-refractivity contribution in [1.82, 2.24) is 5.32 Å². The van der Waals surface area contributed by atoms with E-state index in [1.807, 2.05) is 12.2 Å². The van der Waals surface area contributed by atoms with Crippen LogP contribution < -0.4 is 5.32 Å². The zero-order valence-electron chi connectivity index (χ0n) is 12.4. The van der Waals surface area contributed by atoms with Crippen LogP contribution in [0.25, 0.3) is 0 Å². The van der Waals surface area contributed by atoms with Crippen LogP contribution in [0.5, 0.6) is 0 Å². The lowest BCUT2D eigenvalue weighted by atomic mass is 9.91. The molecule has 1 aromatic rings. The predicted molar refractivity (Wildman–Crippen MR) is 85.7 cm³/mol. The molecule has 0 saturated heterocycles. The summed E-state index contributed by atoms with van der Waals surface area (Å²) in [6.07, 6.45) is 7.96. The molecule has 0 radical (unpaired) electrons. The molecule has 2 N–H and O–H groups in total. The van der Waals surface area contributed by atoms with Crippen LogP contribution in [0, 0.1) is 28.5 Å². The van der Waals surface area contributed by atoms with Gasteiger partial charge in [0.15, 0.2) is 0 Å². The Balaban J connectivity index is 2.13. The van der Waals surface area contributed by atoms with Crippen molar-refractivity contribution in [3.8, 4) is 6.07 Å². The second-order valence-corrected chi connectivity index (χ2v) is 5.23. The van der Waals surface area contributed by atoms with Crippen LogP contribution in [0.1, 0.15) is 18.9 Å². The first-order valence-electron chi connectivity index (χ1n) is 7.11. The molecule has 1 aromatic carbocycles. The Bertz CT molecular complexity index is 693. The summed E-state index contributed by atoms with van der Waals surface area (Å²) in [6.45, 7) is 2.04. The van der Waals surface area contributed by atoms with Crippen LogP contribution >= 0.6 is 0 Å². The third kappa shape index (κ3) is 4.16. The lowest BCUT2D eigenvalue weighted by molar-refractivity contribution is 0.588. The summed E-state index contributed by atoms with van der Waals surface area (Å²) < 4.78 is 13.7. The zero-order chi connectivity index (χ0) is 15.9. The topological polar surface area (TPSA) is 59.7 Å². The first-order valence-corrected chi connectivity index (χ1v) is 7.11. The van der Waals surface area contributed by atoms with Crippen molar-refractivity contribution in [1.29, 1.82) is 10.7 Å². The van der Waals surface area contributed by atoms with Gasteiger partial charge in [0, 0.05) is 35.0 Å². The highest BCUT2D eigenvalue weighted by atomic mass is 19.1. The molecule has 0 heterocycles. The Labute approximate surface area is 130 Å². The summed E-state index contributed by atoms with van der Waals surface area (Å²) in [5.74, 6) is -0.246. The van der Waals surface area contributed by atoms with Crippen molar-refractivity contribution in [2.75, 3.05) is 0 Å². The van der Waals surface area contributed by atoms with E-state index in [1.165, 1.54) is 6.07 Å². The Morgan fingerprint density at radius 2 is 2.27 bits per heavy atom. The van der Waals surface area contributed by atoms with Gasteiger partial charge in [-0.3, -0.25) is 0 Å². The number of nitrogens with zero attached hydrogens (tertiary/aromatic N) is 1. The number of hydrogen-bond donors (Lipinski definition) is 2. The number of halogens is 1. The molecule has 0 bridgehead atoms. The maximum absolute atomic E-state index is 13.7. The number of hydrogen-bond acceptors (Lipinski definition) is 3. The Kier molecular flexibility index (Phi) is 5.26. The Morgan fingerprint density at radius 3 is 2.95 bits per heavy atom. The lowest BCUT2D eigenvalue weighted by Crippen LogP contribution is -2.21. The van der Waals surface area contributed by atoms with Gasteiger partial charge in [0.05, 0.1) is 6.07 Å². The van der Waals surface area contributed by atoms with E-state index in [4.69, 9.17) is 10.7 Å². The molecule has 112 valence electrons. The molecule has 4 heteroatoms. The molecular weight excluding hydrogens is 277 g/mol. The quantitative estimate of drug-likeness (QED) is 0.810. The number of benzene rings is 1. The van der Waals surface area contributed by atoms with Gasteiger partial charge in [-0.25, -0.2) is 4.39 Å². The molecule has 1 aliphatic carbocycles. The first kappa shape index (κ1) is 15.7. The fraction of sp³-hybridized carbons (Fsp3) is 0.222. The summed E-state index contributed by atoms with van der Waals surface area (Å²) in [6, 6.07) is 8.78. The van der Waals surface area contributed by atoms with Gasteiger partial charge in [0.2, 0.25) is 0 Å². The van der Waals surface area contributed by atoms with E-state index in [9.17, 15) is 4.39 Å². The molecule has 1 atom stereocenters.